The molecule has 1 atom stereocenters. The fraction of sp³-hybridized carbons (Fsp3) is 0.364. The highest BCUT2D eigenvalue weighted by molar-refractivity contribution is 5.73. The van der Waals surface area contributed by atoms with E-state index in [0.717, 1.165) is 11.1 Å². The van der Waals surface area contributed by atoms with E-state index in [2.05, 4.69) is 5.32 Å². The molecular formula is C11H15NO2. The van der Waals surface area contributed by atoms with Crippen molar-refractivity contribution in [1.29, 1.82) is 0 Å². The molecule has 3 nitrogen and oxygen atoms in total. The molecule has 0 fully saturated rings. The third-order valence-corrected chi connectivity index (χ3v) is 2.05. The molecule has 0 unspecified atom stereocenters. The average molecular weight is 193 g/mol. The average Bonchev–Trinajstić information content (AvgIpc) is 2.17. The van der Waals surface area contributed by atoms with Crippen molar-refractivity contribution in [3.05, 3.63) is 35.4 Å². The molecule has 1 rings (SSSR count). The van der Waals surface area contributed by atoms with Gasteiger partial charge in [0, 0.05) is 6.92 Å². The molecule has 3 heteroatoms. The molecule has 1 amide bonds. The molecule has 1 aromatic carbocycles. The summed E-state index contributed by atoms with van der Waals surface area (Å²) >= 11 is 0. The SMILES string of the molecule is CC(=O)N[C@H](C)c1cccc(CO)c1. The monoisotopic (exact) mass is 193 g/mol. The zero-order valence-electron chi connectivity index (χ0n) is 8.45. The lowest BCUT2D eigenvalue weighted by Crippen LogP contribution is -2.23. The van der Waals surface area contributed by atoms with Crippen LogP contribution in [0.2, 0.25) is 0 Å². The van der Waals surface area contributed by atoms with Gasteiger partial charge in [-0.05, 0) is 18.1 Å². The van der Waals surface area contributed by atoms with Crippen molar-refractivity contribution in [2.75, 3.05) is 0 Å². The molecule has 76 valence electrons. The quantitative estimate of drug-likeness (QED) is 0.761. The molecule has 0 radical (unpaired) electrons. The highest BCUT2D eigenvalue weighted by atomic mass is 16.3. The minimum Gasteiger partial charge on any atom is -0.392 e. The van der Waals surface area contributed by atoms with Crippen molar-refractivity contribution in [2.24, 2.45) is 0 Å². The highest BCUT2D eigenvalue weighted by Gasteiger charge is 2.06. The summed E-state index contributed by atoms with van der Waals surface area (Å²) in [5, 5.41) is 11.7. The van der Waals surface area contributed by atoms with Crippen LogP contribution in [-0.4, -0.2) is 11.0 Å². The largest absolute Gasteiger partial charge is 0.392 e. The number of carbonyl (C=O) groups excluding carboxylic acids is 1. The van der Waals surface area contributed by atoms with E-state index in [0.29, 0.717) is 0 Å². The number of hydrogen-bond acceptors (Lipinski definition) is 2. The number of amides is 1. The van der Waals surface area contributed by atoms with Gasteiger partial charge in [-0.2, -0.15) is 0 Å². The van der Waals surface area contributed by atoms with Gasteiger partial charge in [-0.3, -0.25) is 4.79 Å². The molecule has 0 saturated heterocycles. The zero-order chi connectivity index (χ0) is 10.6. The molecule has 1 aromatic rings. The summed E-state index contributed by atoms with van der Waals surface area (Å²) in [6.45, 7) is 3.44. The molecule has 0 aromatic heterocycles. The Hall–Kier alpha value is -1.35. The fourth-order valence-electron chi connectivity index (χ4n) is 1.35. The molecule has 0 aliphatic heterocycles. The predicted molar refractivity (Wildman–Crippen MR) is 54.6 cm³/mol. The fourth-order valence-corrected chi connectivity index (χ4v) is 1.35. The van der Waals surface area contributed by atoms with Crippen molar-refractivity contribution >= 4 is 5.91 Å². The van der Waals surface area contributed by atoms with E-state index in [1.807, 2.05) is 31.2 Å². The number of aliphatic hydroxyl groups excluding tert-OH is 1. The van der Waals surface area contributed by atoms with E-state index < -0.39 is 0 Å². The van der Waals surface area contributed by atoms with Crippen LogP contribution in [-0.2, 0) is 11.4 Å². The van der Waals surface area contributed by atoms with Gasteiger partial charge in [-0.15, -0.1) is 0 Å². The number of aliphatic hydroxyl groups is 1. The van der Waals surface area contributed by atoms with Gasteiger partial charge in [0.1, 0.15) is 0 Å². The van der Waals surface area contributed by atoms with Crippen molar-refractivity contribution in [3.63, 3.8) is 0 Å². The van der Waals surface area contributed by atoms with Crippen LogP contribution in [0.25, 0.3) is 0 Å². The van der Waals surface area contributed by atoms with Gasteiger partial charge in [-0.25, -0.2) is 0 Å². The third kappa shape index (κ3) is 2.85. The number of hydrogen-bond donors (Lipinski definition) is 2. The lowest BCUT2D eigenvalue weighted by atomic mass is 10.1. The van der Waals surface area contributed by atoms with Crippen molar-refractivity contribution in [1.82, 2.24) is 5.32 Å². The molecule has 2 N–H and O–H groups in total. The first-order valence-corrected chi connectivity index (χ1v) is 4.60. The molecule has 0 aliphatic carbocycles. The van der Waals surface area contributed by atoms with Crippen LogP contribution in [0.15, 0.2) is 24.3 Å². The summed E-state index contributed by atoms with van der Waals surface area (Å²) in [6.07, 6.45) is 0. The van der Waals surface area contributed by atoms with Crippen LogP contribution in [0.1, 0.15) is 31.0 Å². The summed E-state index contributed by atoms with van der Waals surface area (Å²) in [4.78, 5) is 10.8. The molecule has 0 heterocycles. The van der Waals surface area contributed by atoms with E-state index in [1.165, 1.54) is 6.92 Å². The first-order chi connectivity index (χ1) is 6.63. The van der Waals surface area contributed by atoms with Gasteiger partial charge in [0.05, 0.1) is 12.6 Å². The van der Waals surface area contributed by atoms with E-state index in [4.69, 9.17) is 5.11 Å². The second-order valence-electron chi connectivity index (χ2n) is 3.33. The van der Waals surface area contributed by atoms with Gasteiger partial charge in [-0.1, -0.05) is 24.3 Å². The normalized spacial score (nSPS) is 12.2. The summed E-state index contributed by atoms with van der Waals surface area (Å²) in [7, 11) is 0. The third-order valence-electron chi connectivity index (χ3n) is 2.05. The Morgan fingerprint density at radius 2 is 2.29 bits per heavy atom. The van der Waals surface area contributed by atoms with Gasteiger partial charge in [0.15, 0.2) is 0 Å². The maximum absolute atomic E-state index is 10.8. The Kier molecular flexibility index (Phi) is 3.65. The number of rotatable bonds is 3. The highest BCUT2D eigenvalue weighted by Crippen LogP contribution is 2.13. The van der Waals surface area contributed by atoms with Crippen LogP contribution in [0.3, 0.4) is 0 Å². The van der Waals surface area contributed by atoms with Crippen molar-refractivity contribution in [2.45, 2.75) is 26.5 Å². The summed E-state index contributed by atoms with van der Waals surface area (Å²) < 4.78 is 0. The smallest absolute Gasteiger partial charge is 0.217 e. The van der Waals surface area contributed by atoms with Gasteiger partial charge in [0.25, 0.3) is 0 Å². The first-order valence-electron chi connectivity index (χ1n) is 4.60. The van der Waals surface area contributed by atoms with Crippen molar-refractivity contribution < 1.29 is 9.90 Å². The van der Waals surface area contributed by atoms with Crippen LogP contribution < -0.4 is 5.32 Å². The lowest BCUT2D eigenvalue weighted by molar-refractivity contribution is -0.119. The van der Waals surface area contributed by atoms with Crippen LogP contribution in [0.4, 0.5) is 0 Å². The van der Waals surface area contributed by atoms with E-state index >= 15 is 0 Å². The molecular weight excluding hydrogens is 178 g/mol. The Morgan fingerprint density at radius 1 is 1.57 bits per heavy atom. The van der Waals surface area contributed by atoms with Gasteiger partial charge >= 0.3 is 0 Å². The predicted octanol–water partition coefficient (Wildman–Crippen LogP) is 1.38. The second kappa shape index (κ2) is 4.77. The van der Waals surface area contributed by atoms with E-state index in [9.17, 15) is 4.79 Å². The maximum atomic E-state index is 10.8. The summed E-state index contributed by atoms with van der Waals surface area (Å²) in [6, 6.07) is 7.53. The molecule has 14 heavy (non-hydrogen) atoms. The standard InChI is InChI=1S/C11H15NO2/c1-8(12-9(2)14)11-5-3-4-10(6-11)7-13/h3-6,8,13H,7H2,1-2H3,(H,12,14)/t8-/m1/s1. The summed E-state index contributed by atoms with van der Waals surface area (Å²) in [5.41, 5.74) is 1.87. The maximum Gasteiger partial charge on any atom is 0.217 e. The topological polar surface area (TPSA) is 49.3 Å². The Morgan fingerprint density at radius 3 is 2.86 bits per heavy atom. The van der Waals surface area contributed by atoms with Crippen LogP contribution in [0.5, 0.6) is 0 Å². The molecule has 0 aliphatic rings. The molecule has 0 spiro atoms. The lowest BCUT2D eigenvalue weighted by Gasteiger charge is -2.13. The van der Waals surface area contributed by atoms with Crippen LogP contribution in [0, 0.1) is 0 Å². The van der Waals surface area contributed by atoms with Gasteiger partial charge < -0.3 is 10.4 Å². The van der Waals surface area contributed by atoms with Crippen molar-refractivity contribution in [3.8, 4) is 0 Å². The van der Waals surface area contributed by atoms with E-state index in [1.54, 1.807) is 0 Å². The molecule has 0 saturated carbocycles. The van der Waals surface area contributed by atoms with Crippen LogP contribution >= 0.6 is 0 Å². The Balaban J connectivity index is 2.78. The van der Waals surface area contributed by atoms with E-state index in [-0.39, 0.29) is 18.6 Å². The Bertz CT molecular complexity index is 323. The number of benzene rings is 1. The minimum absolute atomic E-state index is 0.0148. The number of nitrogens with one attached hydrogen (secondary N) is 1. The number of carbonyl (C=O) groups is 1. The minimum atomic E-state index is -0.0492. The first kappa shape index (κ1) is 10.7. The van der Waals surface area contributed by atoms with Gasteiger partial charge in [0.2, 0.25) is 5.91 Å². The summed E-state index contributed by atoms with van der Waals surface area (Å²) in [5.74, 6) is -0.0492. The zero-order valence-corrected chi connectivity index (χ0v) is 8.45. The Labute approximate surface area is 83.8 Å². The second-order valence-corrected chi connectivity index (χ2v) is 3.33. The molecule has 0 bridgehead atoms.